The Morgan fingerprint density at radius 2 is 2.04 bits per heavy atom. The van der Waals surface area contributed by atoms with Gasteiger partial charge >= 0.3 is 5.89 Å². The Hall–Kier alpha value is -2.24. The third kappa shape index (κ3) is 3.24. The second kappa shape index (κ2) is 7.56. The first-order chi connectivity index (χ1) is 12.2. The number of para-hydroxylation sites is 2. The summed E-state index contributed by atoms with van der Waals surface area (Å²) >= 11 is 1.65. The number of aryl methyl sites for hydroxylation is 1. The van der Waals surface area contributed by atoms with Gasteiger partial charge in [0.05, 0.1) is 16.8 Å². The van der Waals surface area contributed by atoms with Crippen LogP contribution in [0.15, 0.2) is 69.0 Å². The molecule has 0 bridgehead atoms. The predicted octanol–water partition coefficient (Wildman–Crippen LogP) is 1.89. The molecule has 0 unspecified atom stereocenters. The SMILES string of the molecule is CCN1/C(=C/C=C/c2oc3ccccc3[n+]2C)Sc2ccc(F)cc21.[Cl-]. The summed E-state index contributed by atoms with van der Waals surface area (Å²) in [5.41, 5.74) is 2.86. The largest absolute Gasteiger partial charge is 1.00 e. The molecule has 134 valence electrons. The van der Waals surface area contributed by atoms with Crippen LogP contribution in [0.4, 0.5) is 10.1 Å². The number of hydrogen-bond donors (Lipinski definition) is 0. The van der Waals surface area contributed by atoms with Gasteiger partial charge in [0.15, 0.2) is 0 Å². The topological polar surface area (TPSA) is 20.3 Å². The first-order valence-corrected chi connectivity index (χ1v) is 9.00. The van der Waals surface area contributed by atoms with Gasteiger partial charge in [-0.15, -0.1) is 0 Å². The fourth-order valence-electron chi connectivity index (χ4n) is 3.00. The van der Waals surface area contributed by atoms with Gasteiger partial charge in [-0.25, -0.2) is 4.39 Å². The Morgan fingerprint density at radius 1 is 1.23 bits per heavy atom. The highest BCUT2D eigenvalue weighted by Gasteiger charge is 2.24. The summed E-state index contributed by atoms with van der Waals surface area (Å²) in [6, 6.07) is 12.9. The zero-order valence-electron chi connectivity index (χ0n) is 14.4. The number of rotatable bonds is 3. The van der Waals surface area contributed by atoms with E-state index in [4.69, 9.17) is 4.42 Å². The van der Waals surface area contributed by atoms with Gasteiger partial charge in [-0.3, -0.25) is 0 Å². The molecule has 0 saturated carbocycles. The highest BCUT2D eigenvalue weighted by molar-refractivity contribution is 8.03. The van der Waals surface area contributed by atoms with Gasteiger partial charge in [0.2, 0.25) is 5.58 Å². The Morgan fingerprint density at radius 3 is 2.81 bits per heavy atom. The van der Waals surface area contributed by atoms with Crippen LogP contribution in [0, 0.1) is 5.82 Å². The molecule has 0 saturated heterocycles. The number of allylic oxidation sites excluding steroid dienone is 2. The van der Waals surface area contributed by atoms with Crippen LogP contribution in [-0.4, -0.2) is 6.54 Å². The second-order valence-corrected chi connectivity index (χ2v) is 6.85. The van der Waals surface area contributed by atoms with Gasteiger partial charge in [-0.2, -0.15) is 4.57 Å². The number of benzene rings is 2. The van der Waals surface area contributed by atoms with E-state index in [-0.39, 0.29) is 18.2 Å². The Balaban J connectivity index is 0.00000196. The van der Waals surface area contributed by atoms with Gasteiger partial charge in [-0.1, -0.05) is 23.9 Å². The molecule has 0 amide bonds. The molecule has 1 aliphatic rings. The van der Waals surface area contributed by atoms with Crippen LogP contribution in [0.2, 0.25) is 0 Å². The number of hydrogen-bond acceptors (Lipinski definition) is 3. The quantitative estimate of drug-likeness (QED) is 0.639. The van der Waals surface area contributed by atoms with Gasteiger partial charge in [-0.05, 0) is 43.3 Å². The summed E-state index contributed by atoms with van der Waals surface area (Å²) in [5, 5.41) is 1.08. The number of anilines is 1. The second-order valence-electron chi connectivity index (χ2n) is 5.79. The van der Waals surface area contributed by atoms with Crippen molar-refractivity contribution in [2.24, 2.45) is 7.05 Å². The van der Waals surface area contributed by atoms with Gasteiger partial charge in [0, 0.05) is 17.5 Å². The maximum atomic E-state index is 13.5. The molecule has 0 atom stereocenters. The molecular weight excluding hydrogens is 371 g/mol. The van der Waals surface area contributed by atoms with Crippen molar-refractivity contribution in [3.63, 3.8) is 0 Å². The minimum atomic E-state index is -0.205. The lowest BCUT2D eigenvalue weighted by molar-refractivity contribution is -0.652. The average molecular weight is 389 g/mol. The lowest BCUT2D eigenvalue weighted by Crippen LogP contribution is -3.00. The van der Waals surface area contributed by atoms with E-state index in [2.05, 4.69) is 11.8 Å². The van der Waals surface area contributed by atoms with Crippen molar-refractivity contribution in [2.45, 2.75) is 11.8 Å². The standard InChI is InChI=1S/C20H18FN2OS.ClH/c1-3-23-16-13-14(21)11-12-18(16)25-20(23)10-6-9-19-22(2)15-7-4-5-8-17(15)24-19;/h4-13H,3H2,1-2H3;1H/q+1;/p-1. The van der Waals surface area contributed by atoms with E-state index in [1.165, 1.54) is 6.07 Å². The monoisotopic (exact) mass is 388 g/mol. The molecule has 0 spiro atoms. The zero-order chi connectivity index (χ0) is 17.4. The van der Waals surface area contributed by atoms with E-state index in [0.29, 0.717) is 0 Å². The smallest absolute Gasteiger partial charge is 0.373 e. The highest BCUT2D eigenvalue weighted by Crippen LogP contribution is 2.45. The predicted molar refractivity (Wildman–Crippen MR) is 99.8 cm³/mol. The Bertz CT molecular complexity index is 1010. The van der Waals surface area contributed by atoms with Crippen molar-refractivity contribution in [3.8, 4) is 0 Å². The third-order valence-electron chi connectivity index (χ3n) is 4.26. The summed E-state index contributed by atoms with van der Waals surface area (Å²) in [6.45, 7) is 2.86. The van der Waals surface area contributed by atoms with Crippen LogP contribution in [0.3, 0.4) is 0 Å². The molecular formula is C20H18ClFN2OS. The maximum absolute atomic E-state index is 13.5. The molecule has 2 heterocycles. The lowest BCUT2D eigenvalue weighted by Gasteiger charge is -2.17. The van der Waals surface area contributed by atoms with Gasteiger partial charge in [0.25, 0.3) is 5.52 Å². The van der Waals surface area contributed by atoms with Gasteiger partial charge < -0.3 is 21.7 Å². The third-order valence-corrected chi connectivity index (χ3v) is 5.39. The molecule has 3 nitrogen and oxygen atoms in total. The molecule has 1 aromatic heterocycles. The summed E-state index contributed by atoms with van der Waals surface area (Å²) < 4.78 is 21.4. The van der Waals surface area contributed by atoms with Crippen molar-refractivity contribution < 1.29 is 25.8 Å². The van der Waals surface area contributed by atoms with E-state index in [9.17, 15) is 4.39 Å². The molecule has 6 heteroatoms. The molecule has 0 fully saturated rings. The molecule has 3 aromatic rings. The van der Waals surface area contributed by atoms with Crippen LogP contribution in [0.1, 0.15) is 12.8 Å². The van der Waals surface area contributed by atoms with Crippen molar-refractivity contribution in [1.29, 1.82) is 0 Å². The number of nitrogens with zero attached hydrogens (tertiary/aromatic N) is 2. The number of oxazole rings is 1. The zero-order valence-corrected chi connectivity index (χ0v) is 16.0. The average Bonchev–Trinajstić information content (AvgIpc) is 3.12. The minimum Gasteiger partial charge on any atom is -1.00 e. The summed E-state index contributed by atoms with van der Waals surface area (Å²) in [5.74, 6) is 0.580. The Kier molecular flexibility index (Phi) is 5.39. The first-order valence-electron chi connectivity index (χ1n) is 8.18. The molecule has 2 aromatic carbocycles. The minimum absolute atomic E-state index is 0. The highest BCUT2D eigenvalue weighted by atomic mass is 35.5. The maximum Gasteiger partial charge on any atom is 0.373 e. The normalized spacial score (nSPS) is 15.0. The number of fused-ring (bicyclic) bond motifs is 2. The van der Waals surface area contributed by atoms with E-state index in [0.717, 1.165) is 39.1 Å². The molecule has 4 rings (SSSR count). The van der Waals surface area contributed by atoms with Crippen LogP contribution < -0.4 is 21.9 Å². The molecule has 0 radical (unpaired) electrons. The van der Waals surface area contributed by atoms with Crippen LogP contribution in [-0.2, 0) is 7.05 Å². The molecule has 0 aliphatic carbocycles. The van der Waals surface area contributed by atoms with E-state index >= 15 is 0 Å². The fourth-order valence-corrected chi connectivity index (χ4v) is 4.12. The number of thioether (sulfide) groups is 1. The number of aromatic nitrogens is 1. The van der Waals surface area contributed by atoms with Crippen LogP contribution in [0.5, 0.6) is 0 Å². The fraction of sp³-hybridized carbons (Fsp3) is 0.150. The first kappa shape index (κ1) is 18.5. The van der Waals surface area contributed by atoms with Crippen molar-refractivity contribution in [1.82, 2.24) is 0 Å². The molecule has 1 aliphatic heterocycles. The van der Waals surface area contributed by atoms with E-state index in [1.807, 2.05) is 60.2 Å². The van der Waals surface area contributed by atoms with Crippen molar-refractivity contribution in [3.05, 3.63) is 71.4 Å². The Labute approximate surface area is 162 Å². The van der Waals surface area contributed by atoms with Gasteiger partial charge in [0.1, 0.15) is 12.9 Å². The summed E-state index contributed by atoms with van der Waals surface area (Å²) in [6.07, 6.45) is 5.97. The molecule has 0 N–H and O–H groups in total. The number of halogens is 2. The van der Waals surface area contributed by atoms with E-state index < -0.39 is 0 Å². The van der Waals surface area contributed by atoms with Crippen LogP contribution >= 0.6 is 11.8 Å². The van der Waals surface area contributed by atoms with E-state index in [1.54, 1.807) is 17.8 Å². The summed E-state index contributed by atoms with van der Waals surface area (Å²) in [4.78, 5) is 3.20. The summed E-state index contributed by atoms with van der Waals surface area (Å²) in [7, 11) is 1.99. The van der Waals surface area contributed by atoms with Crippen molar-refractivity contribution >= 4 is 34.6 Å². The molecule has 26 heavy (non-hydrogen) atoms. The lowest BCUT2D eigenvalue weighted by atomic mass is 10.3. The van der Waals surface area contributed by atoms with Crippen molar-refractivity contribution in [2.75, 3.05) is 11.4 Å². The van der Waals surface area contributed by atoms with Crippen LogP contribution in [0.25, 0.3) is 17.2 Å².